The lowest BCUT2D eigenvalue weighted by molar-refractivity contribution is -0.141. The largest absolute Gasteiger partial charge is 0.469 e. The van der Waals surface area contributed by atoms with Crippen molar-refractivity contribution >= 4 is 5.97 Å². The highest BCUT2D eigenvalue weighted by Gasteiger charge is 2.19. The van der Waals surface area contributed by atoms with Gasteiger partial charge in [-0.3, -0.25) is 4.79 Å². The van der Waals surface area contributed by atoms with E-state index in [0.717, 1.165) is 24.6 Å². The third-order valence-corrected chi connectivity index (χ3v) is 2.57. The van der Waals surface area contributed by atoms with Crippen molar-refractivity contribution in [3.63, 3.8) is 0 Å². The number of nitrogens with one attached hydrogen (secondary N) is 1. The number of ether oxygens (including phenoxy) is 1. The van der Waals surface area contributed by atoms with Gasteiger partial charge in [0.15, 0.2) is 0 Å². The molecule has 1 aromatic carbocycles. The Kier molecular flexibility index (Phi) is 5.71. The molecule has 0 aliphatic carbocycles. The number of benzene rings is 1. The summed E-state index contributed by atoms with van der Waals surface area (Å²) in [6, 6.07) is 2.63. The van der Waals surface area contributed by atoms with Crippen LogP contribution in [0.5, 0.6) is 0 Å². The Morgan fingerprint density at radius 1 is 1.44 bits per heavy atom. The van der Waals surface area contributed by atoms with Gasteiger partial charge in [0.2, 0.25) is 0 Å². The van der Waals surface area contributed by atoms with Crippen molar-refractivity contribution in [3.8, 4) is 0 Å². The zero-order valence-corrected chi connectivity index (χ0v) is 10.5. The summed E-state index contributed by atoms with van der Waals surface area (Å²) in [5, 5.41) is 3.01. The van der Waals surface area contributed by atoms with Crippen molar-refractivity contribution in [3.05, 3.63) is 35.4 Å². The number of esters is 1. The fourth-order valence-corrected chi connectivity index (χ4v) is 1.64. The van der Waals surface area contributed by atoms with Crippen molar-refractivity contribution in [1.82, 2.24) is 5.32 Å². The minimum absolute atomic E-state index is 0.0309. The number of methoxy groups -OCH3 is 1. The predicted molar refractivity (Wildman–Crippen MR) is 64.0 cm³/mol. The Morgan fingerprint density at radius 2 is 2.17 bits per heavy atom. The molecule has 100 valence electrons. The molecule has 0 spiro atoms. The van der Waals surface area contributed by atoms with Gasteiger partial charge >= 0.3 is 5.97 Å². The van der Waals surface area contributed by atoms with Crippen molar-refractivity contribution in [2.45, 2.75) is 25.8 Å². The summed E-state index contributed by atoms with van der Waals surface area (Å²) < 4.78 is 31.3. The number of carbonyl (C=O) groups is 1. The predicted octanol–water partition coefficient (Wildman–Crippen LogP) is 2.57. The summed E-state index contributed by atoms with van der Waals surface area (Å²) in [6.07, 6.45) is 0.797. The van der Waals surface area contributed by atoms with Crippen molar-refractivity contribution in [1.29, 1.82) is 0 Å². The average molecular weight is 257 g/mol. The maximum Gasteiger partial charge on any atom is 0.307 e. The Morgan fingerprint density at radius 3 is 2.78 bits per heavy atom. The van der Waals surface area contributed by atoms with Crippen LogP contribution in [0.2, 0.25) is 0 Å². The van der Waals surface area contributed by atoms with Gasteiger partial charge in [0.05, 0.1) is 13.5 Å². The lowest BCUT2D eigenvalue weighted by Gasteiger charge is -2.18. The quantitative estimate of drug-likeness (QED) is 0.796. The first-order chi connectivity index (χ1) is 8.58. The van der Waals surface area contributed by atoms with Gasteiger partial charge in [0.25, 0.3) is 0 Å². The first kappa shape index (κ1) is 14.6. The van der Waals surface area contributed by atoms with Gasteiger partial charge in [-0.2, -0.15) is 0 Å². The van der Waals surface area contributed by atoms with Crippen molar-refractivity contribution in [2.24, 2.45) is 0 Å². The van der Waals surface area contributed by atoms with E-state index in [0.29, 0.717) is 6.54 Å². The van der Waals surface area contributed by atoms with E-state index in [2.05, 4.69) is 10.1 Å². The highest BCUT2D eigenvalue weighted by atomic mass is 19.1. The van der Waals surface area contributed by atoms with E-state index < -0.39 is 23.6 Å². The fraction of sp³-hybridized carbons (Fsp3) is 0.462. The van der Waals surface area contributed by atoms with E-state index in [1.165, 1.54) is 7.11 Å². The van der Waals surface area contributed by atoms with Gasteiger partial charge in [-0.25, -0.2) is 8.78 Å². The molecule has 0 radical (unpaired) electrons. The standard InChI is InChI=1S/C13H17F2NO2/c1-3-6-16-12(8-13(17)18-2)10-7-9(14)4-5-11(10)15/h4-5,7,12,16H,3,6,8H2,1-2H3. The van der Waals surface area contributed by atoms with Crippen LogP contribution in [-0.2, 0) is 9.53 Å². The van der Waals surface area contributed by atoms with Crippen molar-refractivity contribution in [2.75, 3.05) is 13.7 Å². The molecule has 5 heteroatoms. The normalized spacial score (nSPS) is 12.2. The van der Waals surface area contributed by atoms with Crippen LogP contribution in [0.15, 0.2) is 18.2 Å². The Bertz CT molecular complexity index is 410. The summed E-state index contributed by atoms with van der Waals surface area (Å²) in [6.45, 7) is 2.56. The second kappa shape index (κ2) is 7.06. The van der Waals surface area contributed by atoms with E-state index in [1.54, 1.807) is 0 Å². The Labute approximate surface area is 105 Å². The van der Waals surface area contributed by atoms with Crippen LogP contribution in [0.1, 0.15) is 31.4 Å². The van der Waals surface area contributed by atoms with Gasteiger partial charge in [-0.05, 0) is 31.2 Å². The Balaban J connectivity index is 2.92. The zero-order valence-electron chi connectivity index (χ0n) is 10.5. The molecule has 0 saturated carbocycles. The van der Waals surface area contributed by atoms with Crippen LogP contribution < -0.4 is 5.32 Å². The molecule has 18 heavy (non-hydrogen) atoms. The van der Waals surface area contributed by atoms with Crippen LogP contribution in [0.3, 0.4) is 0 Å². The van der Waals surface area contributed by atoms with Crippen molar-refractivity contribution < 1.29 is 18.3 Å². The van der Waals surface area contributed by atoms with Crippen LogP contribution in [0.25, 0.3) is 0 Å². The van der Waals surface area contributed by atoms with Crippen LogP contribution in [0, 0.1) is 11.6 Å². The topological polar surface area (TPSA) is 38.3 Å². The van der Waals surface area contributed by atoms with Gasteiger partial charge in [-0.1, -0.05) is 6.92 Å². The second-order valence-corrected chi connectivity index (χ2v) is 3.95. The molecule has 1 rings (SSSR count). The highest BCUT2D eigenvalue weighted by molar-refractivity contribution is 5.70. The number of hydrogen-bond donors (Lipinski definition) is 1. The Hall–Kier alpha value is -1.49. The number of hydrogen-bond acceptors (Lipinski definition) is 3. The lowest BCUT2D eigenvalue weighted by atomic mass is 10.0. The molecule has 0 amide bonds. The smallest absolute Gasteiger partial charge is 0.307 e. The molecule has 1 N–H and O–H groups in total. The first-order valence-corrected chi connectivity index (χ1v) is 5.83. The lowest BCUT2D eigenvalue weighted by Crippen LogP contribution is -2.26. The highest BCUT2D eigenvalue weighted by Crippen LogP contribution is 2.21. The SMILES string of the molecule is CCCNC(CC(=O)OC)c1cc(F)ccc1F. The fourth-order valence-electron chi connectivity index (χ4n) is 1.64. The molecule has 0 heterocycles. The number of halogens is 2. The van der Waals surface area contributed by atoms with E-state index in [1.807, 2.05) is 6.92 Å². The summed E-state index contributed by atoms with van der Waals surface area (Å²) >= 11 is 0. The minimum Gasteiger partial charge on any atom is -0.469 e. The van der Waals surface area contributed by atoms with E-state index in [-0.39, 0.29) is 12.0 Å². The number of rotatable bonds is 6. The maximum absolute atomic E-state index is 13.6. The van der Waals surface area contributed by atoms with E-state index >= 15 is 0 Å². The molecule has 0 saturated heterocycles. The minimum atomic E-state index is -0.576. The molecule has 1 atom stereocenters. The molecular formula is C13H17F2NO2. The molecule has 3 nitrogen and oxygen atoms in total. The molecule has 1 unspecified atom stereocenters. The van der Waals surface area contributed by atoms with Crippen LogP contribution in [-0.4, -0.2) is 19.6 Å². The molecule has 1 aromatic rings. The van der Waals surface area contributed by atoms with Gasteiger partial charge in [0.1, 0.15) is 11.6 Å². The molecule has 0 fully saturated rings. The summed E-state index contributed by atoms with van der Waals surface area (Å²) in [7, 11) is 1.27. The molecule has 0 aliphatic heterocycles. The van der Waals surface area contributed by atoms with Crippen LogP contribution in [0.4, 0.5) is 8.78 Å². The number of carbonyl (C=O) groups excluding carboxylic acids is 1. The first-order valence-electron chi connectivity index (χ1n) is 5.83. The summed E-state index contributed by atoms with van der Waals surface area (Å²) in [5.74, 6) is -1.53. The zero-order chi connectivity index (χ0) is 13.5. The molecular weight excluding hydrogens is 240 g/mol. The average Bonchev–Trinajstić information content (AvgIpc) is 2.37. The maximum atomic E-state index is 13.6. The van der Waals surface area contributed by atoms with Gasteiger partial charge in [0, 0.05) is 11.6 Å². The molecule has 0 aliphatic rings. The van der Waals surface area contributed by atoms with E-state index in [4.69, 9.17) is 0 Å². The van der Waals surface area contributed by atoms with E-state index in [9.17, 15) is 13.6 Å². The monoisotopic (exact) mass is 257 g/mol. The van der Waals surface area contributed by atoms with Gasteiger partial charge < -0.3 is 10.1 Å². The summed E-state index contributed by atoms with van der Waals surface area (Å²) in [4.78, 5) is 11.3. The van der Waals surface area contributed by atoms with Gasteiger partial charge in [-0.15, -0.1) is 0 Å². The molecule has 0 aromatic heterocycles. The molecule has 0 bridgehead atoms. The summed E-state index contributed by atoms with van der Waals surface area (Å²) in [5.41, 5.74) is 0.147. The van der Waals surface area contributed by atoms with Crippen LogP contribution >= 0.6 is 0 Å². The third-order valence-electron chi connectivity index (χ3n) is 2.57. The third kappa shape index (κ3) is 4.07. The second-order valence-electron chi connectivity index (χ2n) is 3.95.